The number of pyridine rings is 1. The molecule has 1 fully saturated rings. The average Bonchev–Trinajstić information content (AvgIpc) is 3.51. The molecular weight excluding hydrogens is 460 g/mol. The number of benzene rings is 2. The third kappa shape index (κ3) is 4.21. The van der Waals surface area contributed by atoms with Crippen LogP contribution in [0.4, 0.5) is 0 Å². The highest BCUT2D eigenvalue weighted by atomic mass is 32.2. The average molecular weight is 485 g/mol. The van der Waals surface area contributed by atoms with E-state index in [1.165, 1.54) is 4.70 Å². The molecule has 7 heteroatoms. The Hall–Kier alpha value is -3.16. The van der Waals surface area contributed by atoms with E-state index in [9.17, 15) is 4.79 Å². The number of hydrogen-bond acceptors (Lipinski definition) is 5. The van der Waals surface area contributed by atoms with Gasteiger partial charge in [-0.25, -0.2) is 9.97 Å². The Labute approximate surface area is 206 Å². The zero-order valence-electron chi connectivity index (χ0n) is 18.6. The maximum absolute atomic E-state index is 13.6. The van der Waals surface area contributed by atoms with Gasteiger partial charge in [0.15, 0.2) is 0 Å². The predicted octanol–water partition coefficient (Wildman–Crippen LogP) is 6.26. The Morgan fingerprint density at radius 2 is 1.88 bits per heavy atom. The van der Waals surface area contributed by atoms with Crippen molar-refractivity contribution in [1.82, 2.24) is 19.3 Å². The van der Waals surface area contributed by atoms with E-state index in [2.05, 4.69) is 24.4 Å². The number of fused-ring (bicyclic) bond motifs is 2. The Bertz CT molecular complexity index is 1410. The van der Waals surface area contributed by atoms with Gasteiger partial charge in [-0.2, -0.15) is 0 Å². The zero-order valence-corrected chi connectivity index (χ0v) is 20.3. The highest BCUT2D eigenvalue weighted by Gasteiger charge is 2.28. The Kier molecular flexibility index (Phi) is 5.81. The van der Waals surface area contributed by atoms with Gasteiger partial charge in [0.25, 0.3) is 5.91 Å². The van der Waals surface area contributed by atoms with Gasteiger partial charge in [-0.15, -0.1) is 23.1 Å². The molecule has 1 aliphatic heterocycles. The first kappa shape index (κ1) is 21.4. The molecule has 0 N–H and O–H groups in total. The Morgan fingerprint density at radius 3 is 2.79 bits per heavy atom. The fraction of sp³-hybridized carbons (Fsp3) is 0.222. The van der Waals surface area contributed by atoms with E-state index in [0.29, 0.717) is 5.92 Å². The number of para-hydroxylation sites is 1. The number of nitrogens with zero attached hydrogens (tertiary/aromatic N) is 4. The monoisotopic (exact) mass is 484 g/mol. The predicted molar refractivity (Wildman–Crippen MR) is 139 cm³/mol. The van der Waals surface area contributed by atoms with Crippen LogP contribution in [0.25, 0.3) is 15.9 Å². The molecule has 6 rings (SSSR count). The second-order valence-electron chi connectivity index (χ2n) is 8.59. The summed E-state index contributed by atoms with van der Waals surface area (Å²) in [5, 5.41) is 1.15. The minimum absolute atomic E-state index is 0.115. The second kappa shape index (κ2) is 9.24. The van der Waals surface area contributed by atoms with Crippen LogP contribution in [0.3, 0.4) is 0 Å². The minimum atomic E-state index is 0.115. The largest absolute Gasteiger partial charge is 0.338 e. The molecule has 1 saturated heterocycles. The third-order valence-electron chi connectivity index (χ3n) is 6.28. The normalized spacial score (nSPS) is 16.4. The number of rotatable bonds is 5. The molecular formula is C27H24N4OS2. The first-order valence-corrected chi connectivity index (χ1v) is 13.3. The van der Waals surface area contributed by atoms with E-state index >= 15 is 0 Å². The molecule has 1 atom stereocenters. The second-order valence-corrected chi connectivity index (χ2v) is 10.7. The maximum Gasteiger partial charge on any atom is 0.255 e. The van der Waals surface area contributed by atoms with Crippen molar-refractivity contribution in [3.63, 3.8) is 0 Å². The van der Waals surface area contributed by atoms with Gasteiger partial charge in [-0.1, -0.05) is 30.3 Å². The Balaban J connectivity index is 1.19. The standard InChI is InChI=1S/C27H24N4OS2/c32-27(31-15-7-8-19(16-31)26-29-22-10-2-4-12-24(22)34-26)21-9-1-3-11-23(21)33-18-20-17-30-14-6-5-13-25(30)28-20/h1-6,9-14,17,19H,7-8,15-16,18H2. The molecule has 5 nitrogen and oxygen atoms in total. The van der Waals surface area contributed by atoms with Crippen molar-refractivity contribution in [1.29, 1.82) is 0 Å². The summed E-state index contributed by atoms with van der Waals surface area (Å²) in [4.78, 5) is 26.2. The number of carbonyl (C=O) groups is 1. The van der Waals surface area contributed by atoms with Gasteiger partial charge in [-0.05, 0) is 49.2 Å². The van der Waals surface area contributed by atoms with Crippen molar-refractivity contribution in [2.45, 2.75) is 29.4 Å². The molecule has 0 saturated carbocycles. The molecule has 5 aromatic rings. The number of imidazole rings is 1. The lowest BCUT2D eigenvalue weighted by Gasteiger charge is -2.32. The summed E-state index contributed by atoms with van der Waals surface area (Å²) in [7, 11) is 0. The van der Waals surface area contributed by atoms with Crippen LogP contribution >= 0.6 is 23.1 Å². The molecule has 2 aromatic carbocycles. The van der Waals surface area contributed by atoms with Crippen molar-refractivity contribution in [3.05, 3.63) is 95.4 Å². The number of aromatic nitrogens is 3. The van der Waals surface area contributed by atoms with E-state index in [4.69, 9.17) is 9.97 Å². The van der Waals surface area contributed by atoms with Crippen molar-refractivity contribution in [2.24, 2.45) is 0 Å². The molecule has 34 heavy (non-hydrogen) atoms. The lowest BCUT2D eigenvalue weighted by Crippen LogP contribution is -2.39. The maximum atomic E-state index is 13.6. The summed E-state index contributed by atoms with van der Waals surface area (Å²) in [6.45, 7) is 1.52. The number of piperidine rings is 1. The zero-order chi connectivity index (χ0) is 22.9. The fourth-order valence-electron chi connectivity index (χ4n) is 4.58. The van der Waals surface area contributed by atoms with Gasteiger partial charge in [0.05, 0.1) is 26.5 Å². The van der Waals surface area contributed by atoms with E-state index in [-0.39, 0.29) is 5.91 Å². The van der Waals surface area contributed by atoms with Crippen molar-refractivity contribution < 1.29 is 4.79 Å². The lowest BCUT2D eigenvalue weighted by atomic mass is 9.98. The van der Waals surface area contributed by atoms with Crippen LogP contribution in [0.2, 0.25) is 0 Å². The van der Waals surface area contributed by atoms with E-state index < -0.39 is 0 Å². The summed E-state index contributed by atoms with van der Waals surface area (Å²) in [5.41, 5.74) is 3.78. The highest BCUT2D eigenvalue weighted by Crippen LogP contribution is 2.34. The van der Waals surface area contributed by atoms with E-state index in [1.807, 2.05) is 64.0 Å². The smallest absolute Gasteiger partial charge is 0.255 e. The number of thiazole rings is 1. The van der Waals surface area contributed by atoms with Crippen LogP contribution in [-0.2, 0) is 5.75 Å². The molecule has 4 heterocycles. The van der Waals surface area contributed by atoms with Crippen LogP contribution in [0.15, 0.2) is 84.0 Å². The number of amides is 1. The van der Waals surface area contributed by atoms with Gasteiger partial charge >= 0.3 is 0 Å². The van der Waals surface area contributed by atoms with Crippen LogP contribution in [0.1, 0.15) is 39.8 Å². The van der Waals surface area contributed by atoms with Gasteiger partial charge in [-0.3, -0.25) is 4.79 Å². The SMILES string of the molecule is O=C(c1ccccc1SCc1cn2ccccc2n1)N1CCCC(c2nc3ccccc3s2)C1. The topological polar surface area (TPSA) is 50.5 Å². The van der Waals surface area contributed by atoms with E-state index in [1.54, 1.807) is 23.1 Å². The summed E-state index contributed by atoms with van der Waals surface area (Å²) >= 11 is 3.44. The quantitative estimate of drug-likeness (QED) is 0.277. The first-order valence-electron chi connectivity index (χ1n) is 11.5. The van der Waals surface area contributed by atoms with Crippen molar-refractivity contribution >= 4 is 44.9 Å². The van der Waals surface area contributed by atoms with Crippen LogP contribution in [-0.4, -0.2) is 38.3 Å². The molecule has 1 unspecified atom stereocenters. The Morgan fingerprint density at radius 1 is 1.03 bits per heavy atom. The number of carbonyl (C=O) groups excluding carboxylic acids is 1. The number of hydrogen-bond donors (Lipinski definition) is 0. The highest BCUT2D eigenvalue weighted by molar-refractivity contribution is 7.98. The van der Waals surface area contributed by atoms with Crippen LogP contribution in [0.5, 0.6) is 0 Å². The van der Waals surface area contributed by atoms with E-state index in [0.717, 1.165) is 64.0 Å². The molecule has 0 bridgehead atoms. The molecule has 0 radical (unpaired) electrons. The van der Waals surface area contributed by atoms with Gasteiger partial charge in [0.1, 0.15) is 5.65 Å². The van der Waals surface area contributed by atoms with Crippen LogP contribution in [0, 0.1) is 0 Å². The summed E-state index contributed by atoms with van der Waals surface area (Å²) < 4.78 is 3.25. The lowest BCUT2D eigenvalue weighted by molar-refractivity contribution is 0.0703. The molecule has 1 aliphatic rings. The number of thioether (sulfide) groups is 1. The molecule has 0 aliphatic carbocycles. The summed E-state index contributed by atoms with van der Waals surface area (Å²) in [6, 6.07) is 22.2. The van der Waals surface area contributed by atoms with Gasteiger partial charge < -0.3 is 9.30 Å². The molecule has 1 amide bonds. The van der Waals surface area contributed by atoms with Crippen molar-refractivity contribution in [2.75, 3.05) is 13.1 Å². The fourth-order valence-corrected chi connectivity index (χ4v) is 6.60. The molecule has 3 aromatic heterocycles. The molecule has 0 spiro atoms. The van der Waals surface area contributed by atoms with Crippen LogP contribution < -0.4 is 0 Å². The van der Waals surface area contributed by atoms with Gasteiger partial charge in [0.2, 0.25) is 0 Å². The minimum Gasteiger partial charge on any atom is -0.338 e. The third-order valence-corrected chi connectivity index (χ3v) is 8.58. The summed E-state index contributed by atoms with van der Waals surface area (Å²) in [6.07, 6.45) is 6.14. The number of likely N-dealkylation sites (tertiary alicyclic amines) is 1. The molecule has 170 valence electrons. The summed E-state index contributed by atoms with van der Waals surface area (Å²) in [5.74, 6) is 1.14. The van der Waals surface area contributed by atoms with Gasteiger partial charge in [0, 0.05) is 42.0 Å². The first-order chi connectivity index (χ1) is 16.7. The van der Waals surface area contributed by atoms with Crippen molar-refractivity contribution in [3.8, 4) is 0 Å².